The molecular formula is C12H19NO4S2. The maximum atomic E-state index is 12.3. The first-order chi connectivity index (χ1) is 8.66. The van der Waals surface area contributed by atoms with Crippen LogP contribution in [0.3, 0.4) is 0 Å². The van der Waals surface area contributed by atoms with E-state index in [4.69, 9.17) is 0 Å². The average Bonchev–Trinajstić information content (AvgIpc) is 2.60. The molecule has 0 aromatic carbocycles. The molecule has 0 aliphatic carbocycles. The summed E-state index contributed by atoms with van der Waals surface area (Å²) < 4.78 is -0.491. The molecule has 1 fully saturated rings. The van der Waals surface area contributed by atoms with Gasteiger partial charge in [0.1, 0.15) is 6.04 Å². The number of hydrogen-bond donors (Lipinski definition) is 1. The van der Waals surface area contributed by atoms with Crippen molar-refractivity contribution >= 4 is 40.5 Å². The molecular weight excluding hydrogens is 286 g/mol. The van der Waals surface area contributed by atoms with Crippen LogP contribution in [0.4, 0.5) is 0 Å². The van der Waals surface area contributed by atoms with E-state index in [2.05, 4.69) is 0 Å². The van der Waals surface area contributed by atoms with Gasteiger partial charge in [-0.1, -0.05) is 18.7 Å². The highest BCUT2D eigenvalue weighted by Crippen LogP contribution is 2.40. The van der Waals surface area contributed by atoms with Crippen molar-refractivity contribution in [1.29, 1.82) is 0 Å². The zero-order chi connectivity index (χ0) is 14.8. The van der Waals surface area contributed by atoms with Gasteiger partial charge in [0, 0.05) is 23.3 Å². The van der Waals surface area contributed by atoms with Crippen molar-refractivity contribution in [3.8, 4) is 0 Å². The largest absolute Gasteiger partial charge is 0.480 e. The Morgan fingerprint density at radius 2 is 2.05 bits per heavy atom. The summed E-state index contributed by atoms with van der Waals surface area (Å²) in [5.41, 5.74) is 0. The minimum atomic E-state index is -0.977. The summed E-state index contributed by atoms with van der Waals surface area (Å²) in [6.07, 6.45) is 0. The van der Waals surface area contributed by atoms with E-state index < -0.39 is 16.8 Å². The minimum Gasteiger partial charge on any atom is -0.480 e. The van der Waals surface area contributed by atoms with Crippen molar-refractivity contribution in [2.24, 2.45) is 5.92 Å². The Bertz CT molecular complexity index is 397. The molecule has 1 saturated heterocycles. The van der Waals surface area contributed by atoms with Gasteiger partial charge in [-0.05, 0) is 13.8 Å². The number of hydrogen-bond acceptors (Lipinski definition) is 5. The highest BCUT2D eigenvalue weighted by molar-refractivity contribution is 8.13. The SMILES string of the molecule is CC(=O)SC[C@@H](C)C(=O)N1CSC(C)(C)[C@@H]1C(=O)O. The van der Waals surface area contributed by atoms with Gasteiger partial charge >= 0.3 is 5.97 Å². The van der Waals surface area contributed by atoms with E-state index in [9.17, 15) is 19.5 Å². The fourth-order valence-corrected chi connectivity index (χ4v) is 3.74. The molecule has 0 unspecified atom stereocenters. The third kappa shape index (κ3) is 3.89. The number of nitrogens with zero attached hydrogens (tertiary/aromatic N) is 1. The number of amides is 1. The third-order valence-corrected chi connectivity index (χ3v) is 5.47. The first kappa shape index (κ1) is 16.4. The molecule has 0 aromatic rings. The number of thioether (sulfide) groups is 2. The Morgan fingerprint density at radius 1 is 1.47 bits per heavy atom. The van der Waals surface area contributed by atoms with Gasteiger partial charge in [0.2, 0.25) is 5.91 Å². The van der Waals surface area contributed by atoms with Gasteiger partial charge in [-0.15, -0.1) is 11.8 Å². The first-order valence-corrected chi connectivity index (χ1v) is 7.94. The number of carbonyl (C=O) groups is 3. The lowest BCUT2D eigenvalue weighted by atomic mass is 10.0. The van der Waals surface area contributed by atoms with Crippen molar-refractivity contribution in [3.05, 3.63) is 0 Å². The van der Waals surface area contributed by atoms with Crippen LogP contribution in [-0.4, -0.2) is 49.4 Å². The highest BCUT2D eigenvalue weighted by Gasteiger charge is 2.48. The molecule has 1 aliphatic rings. The van der Waals surface area contributed by atoms with E-state index in [0.29, 0.717) is 11.6 Å². The Balaban J connectivity index is 2.76. The monoisotopic (exact) mass is 305 g/mol. The van der Waals surface area contributed by atoms with Crippen molar-refractivity contribution < 1.29 is 19.5 Å². The van der Waals surface area contributed by atoms with E-state index in [1.54, 1.807) is 6.92 Å². The molecule has 0 radical (unpaired) electrons. The summed E-state index contributed by atoms with van der Waals surface area (Å²) in [6, 6.07) is -0.810. The summed E-state index contributed by atoms with van der Waals surface area (Å²) in [4.78, 5) is 36.0. The molecule has 0 saturated carbocycles. The Labute approximate surface area is 121 Å². The maximum absolute atomic E-state index is 12.3. The van der Waals surface area contributed by atoms with Crippen molar-refractivity contribution in [1.82, 2.24) is 4.90 Å². The van der Waals surface area contributed by atoms with Gasteiger partial charge in [0.15, 0.2) is 5.12 Å². The second-order valence-electron chi connectivity index (χ2n) is 5.13. The molecule has 0 bridgehead atoms. The van der Waals surface area contributed by atoms with Crippen molar-refractivity contribution in [2.45, 2.75) is 38.5 Å². The van der Waals surface area contributed by atoms with Gasteiger partial charge in [-0.3, -0.25) is 9.59 Å². The Kier molecular flexibility index (Phi) is 5.32. The number of aliphatic carboxylic acids is 1. The van der Waals surface area contributed by atoms with Gasteiger partial charge in [-0.25, -0.2) is 4.79 Å². The smallest absolute Gasteiger partial charge is 0.327 e. The minimum absolute atomic E-state index is 0.0365. The molecule has 0 aromatic heterocycles. The molecule has 1 rings (SSSR count). The Morgan fingerprint density at radius 3 is 2.53 bits per heavy atom. The lowest BCUT2D eigenvalue weighted by Gasteiger charge is -2.29. The van der Waals surface area contributed by atoms with Crippen LogP contribution in [0.5, 0.6) is 0 Å². The van der Waals surface area contributed by atoms with Crippen LogP contribution in [-0.2, 0) is 14.4 Å². The molecule has 19 heavy (non-hydrogen) atoms. The second-order valence-corrected chi connectivity index (χ2v) is 7.93. The number of carboxylic acids is 1. The lowest BCUT2D eigenvalue weighted by Crippen LogP contribution is -2.50. The fraction of sp³-hybridized carbons (Fsp3) is 0.750. The van der Waals surface area contributed by atoms with Gasteiger partial charge in [-0.2, -0.15) is 0 Å². The number of carboxylic acid groups (broad SMARTS) is 1. The van der Waals surface area contributed by atoms with Crippen LogP contribution < -0.4 is 0 Å². The van der Waals surface area contributed by atoms with E-state index >= 15 is 0 Å². The van der Waals surface area contributed by atoms with E-state index in [-0.39, 0.29) is 16.9 Å². The van der Waals surface area contributed by atoms with E-state index in [1.807, 2.05) is 13.8 Å². The first-order valence-electron chi connectivity index (χ1n) is 5.97. The standard InChI is InChI=1S/C12H19NO4S2/c1-7(5-18-8(2)14)10(15)13-6-19-12(3,4)9(13)11(16)17/h7,9H,5-6H2,1-4H3,(H,16,17)/t7-,9+/m1/s1. The average molecular weight is 305 g/mol. The summed E-state index contributed by atoms with van der Waals surface area (Å²) in [5, 5.41) is 9.27. The zero-order valence-corrected chi connectivity index (χ0v) is 13.1. The lowest BCUT2D eigenvalue weighted by molar-refractivity contribution is -0.150. The highest BCUT2D eigenvalue weighted by atomic mass is 32.2. The number of rotatable bonds is 4. The summed E-state index contributed by atoms with van der Waals surface area (Å²) in [6.45, 7) is 6.85. The maximum Gasteiger partial charge on any atom is 0.327 e. The van der Waals surface area contributed by atoms with Gasteiger partial charge in [0.25, 0.3) is 0 Å². The predicted octanol–water partition coefficient (Wildman–Crippen LogP) is 1.67. The van der Waals surface area contributed by atoms with Crippen LogP contribution in [0.1, 0.15) is 27.7 Å². The Hall–Kier alpha value is -0.690. The normalized spacial score (nSPS) is 23.2. The van der Waals surface area contributed by atoms with E-state index in [0.717, 1.165) is 11.8 Å². The van der Waals surface area contributed by atoms with Crippen LogP contribution >= 0.6 is 23.5 Å². The molecule has 1 amide bonds. The second kappa shape index (κ2) is 6.17. The molecule has 1 N–H and O–H groups in total. The van der Waals surface area contributed by atoms with Crippen molar-refractivity contribution in [3.63, 3.8) is 0 Å². The fourth-order valence-electron chi connectivity index (χ4n) is 1.98. The third-order valence-electron chi connectivity index (χ3n) is 3.02. The van der Waals surface area contributed by atoms with E-state index in [1.165, 1.54) is 23.6 Å². The topological polar surface area (TPSA) is 74.7 Å². The molecule has 5 nitrogen and oxygen atoms in total. The van der Waals surface area contributed by atoms with Crippen LogP contribution in [0, 0.1) is 5.92 Å². The van der Waals surface area contributed by atoms with Crippen LogP contribution in [0.25, 0.3) is 0 Å². The zero-order valence-electron chi connectivity index (χ0n) is 11.5. The van der Waals surface area contributed by atoms with Crippen LogP contribution in [0.15, 0.2) is 0 Å². The molecule has 1 heterocycles. The predicted molar refractivity (Wildman–Crippen MR) is 77.1 cm³/mol. The van der Waals surface area contributed by atoms with Crippen LogP contribution in [0.2, 0.25) is 0 Å². The number of carbonyl (C=O) groups excluding carboxylic acids is 2. The molecule has 108 valence electrons. The van der Waals surface area contributed by atoms with Crippen molar-refractivity contribution in [2.75, 3.05) is 11.6 Å². The van der Waals surface area contributed by atoms with Gasteiger partial charge < -0.3 is 10.0 Å². The summed E-state index contributed by atoms with van der Waals surface area (Å²) in [7, 11) is 0. The van der Waals surface area contributed by atoms with Gasteiger partial charge in [0.05, 0.1) is 5.88 Å². The molecule has 0 spiro atoms. The summed E-state index contributed by atoms with van der Waals surface area (Å²) >= 11 is 2.56. The summed E-state index contributed by atoms with van der Waals surface area (Å²) in [5.74, 6) is -0.751. The quantitative estimate of drug-likeness (QED) is 0.851. The molecule has 2 atom stereocenters. The molecule has 1 aliphatic heterocycles. The molecule has 7 heteroatoms.